The molecule has 0 aliphatic rings. The van der Waals surface area contributed by atoms with Crippen molar-refractivity contribution in [2.45, 2.75) is 13.3 Å². The molecule has 0 saturated heterocycles. The summed E-state index contributed by atoms with van der Waals surface area (Å²) in [6.45, 7) is 2.09. The van der Waals surface area contributed by atoms with E-state index < -0.39 is 0 Å². The predicted molar refractivity (Wildman–Crippen MR) is 72.1 cm³/mol. The van der Waals surface area contributed by atoms with Crippen LogP contribution in [0, 0.1) is 11.3 Å². The Balaban J connectivity index is 2.23. The van der Waals surface area contributed by atoms with Crippen LogP contribution in [0.15, 0.2) is 42.5 Å². The molecule has 0 saturated carbocycles. The molecule has 0 bridgehead atoms. The highest BCUT2D eigenvalue weighted by molar-refractivity contribution is 6.31. The van der Waals surface area contributed by atoms with Gasteiger partial charge in [-0.25, -0.2) is 0 Å². The monoisotopic (exact) mass is 257 g/mol. The largest absolute Gasteiger partial charge is 0.457 e. The van der Waals surface area contributed by atoms with Crippen LogP contribution in [0.2, 0.25) is 5.02 Å². The van der Waals surface area contributed by atoms with Crippen molar-refractivity contribution in [3.8, 4) is 17.6 Å². The minimum Gasteiger partial charge on any atom is -0.457 e. The van der Waals surface area contributed by atoms with E-state index in [1.807, 2.05) is 24.3 Å². The van der Waals surface area contributed by atoms with Crippen LogP contribution in [0.5, 0.6) is 11.5 Å². The van der Waals surface area contributed by atoms with E-state index in [2.05, 4.69) is 13.0 Å². The van der Waals surface area contributed by atoms with Crippen LogP contribution in [0.25, 0.3) is 0 Å². The molecule has 0 fully saturated rings. The number of ether oxygens (including phenoxy) is 1. The first kappa shape index (κ1) is 12.5. The molecule has 3 heteroatoms. The van der Waals surface area contributed by atoms with Crippen LogP contribution in [-0.4, -0.2) is 0 Å². The maximum Gasteiger partial charge on any atom is 0.129 e. The van der Waals surface area contributed by atoms with Gasteiger partial charge in [0.2, 0.25) is 0 Å². The molecule has 2 nitrogen and oxygen atoms in total. The first-order valence-corrected chi connectivity index (χ1v) is 6.07. The van der Waals surface area contributed by atoms with Crippen molar-refractivity contribution in [1.82, 2.24) is 0 Å². The van der Waals surface area contributed by atoms with E-state index >= 15 is 0 Å². The molecule has 0 atom stereocenters. The summed E-state index contributed by atoms with van der Waals surface area (Å²) >= 11 is 5.95. The Bertz CT molecular complexity index is 602. The Labute approximate surface area is 111 Å². The van der Waals surface area contributed by atoms with Crippen LogP contribution >= 0.6 is 11.6 Å². The Kier molecular flexibility index (Phi) is 3.86. The number of aryl methyl sites for hydroxylation is 1. The minimum atomic E-state index is 0.404. The van der Waals surface area contributed by atoms with Crippen molar-refractivity contribution in [3.05, 3.63) is 58.6 Å². The Morgan fingerprint density at radius 3 is 2.61 bits per heavy atom. The van der Waals surface area contributed by atoms with Crippen molar-refractivity contribution in [1.29, 1.82) is 5.26 Å². The first-order chi connectivity index (χ1) is 8.72. The number of hydrogen-bond donors (Lipinski definition) is 0. The summed E-state index contributed by atoms with van der Waals surface area (Å²) in [7, 11) is 0. The van der Waals surface area contributed by atoms with Gasteiger partial charge in [-0.15, -0.1) is 0 Å². The SMILES string of the molecule is CCc1cccc(Oc2ccc(C#N)c(Cl)c2)c1. The molecule has 0 radical (unpaired) electrons. The highest BCUT2D eigenvalue weighted by Gasteiger charge is 2.03. The van der Waals surface area contributed by atoms with Crippen molar-refractivity contribution < 1.29 is 4.74 Å². The fourth-order valence-electron chi connectivity index (χ4n) is 1.61. The molecule has 18 heavy (non-hydrogen) atoms. The van der Waals surface area contributed by atoms with Gasteiger partial charge in [-0.3, -0.25) is 0 Å². The molecular weight excluding hydrogens is 246 g/mol. The smallest absolute Gasteiger partial charge is 0.129 e. The molecule has 0 N–H and O–H groups in total. The van der Waals surface area contributed by atoms with E-state index in [-0.39, 0.29) is 0 Å². The quantitative estimate of drug-likeness (QED) is 0.807. The lowest BCUT2D eigenvalue weighted by molar-refractivity contribution is 0.482. The molecule has 0 unspecified atom stereocenters. The standard InChI is InChI=1S/C15H12ClNO/c1-2-11-4-3-5-13(8-11)18-14-7-6-12(10-17)15(16)9-14/h3-9H,2H2,1H3. The second kappa shape index (κ2) is 5.57. The average Bonchev–Trinajstić information content (AvgIpc) is 2.39. The van der Waals surface area contributed by atoms with E-state index in [4.69, 9.17) is 21.6 Å². The number of rotatable bonds is 3. The van der Waals surface area contributed by atoms with Gasteiger partial charge in [0.1, 0.15) is 17.6 Å². The zero-order valence-electron chi connectivity index (χ0n) is 9.98. The molecule has 0 aliphatic carbocycles. The summed E-state index contributed by atoms with van der Waals surface area (Å²) in [4.78, 5) is 0. The second-order valence-corrected chi connectivity index (χ2v) is 4.26. The van der Waals surface area contributed by atoms with Crippen molar-refractivity contribution in [2.75, 3.05) is 0 Å². The summed E-state index contributed by atoms with van der Waals surface area (Å²) < 4.78 is 5.71. The van der Waals surface area contributed by atoms with Crippen LogP contribution < -0.4 is 4.74 Å². The fourth-order valence-corrected chi connectivity index (χ4v) is 1.83. The van der Waals surface area contributed by atoms with Crippen molar-refractivity contribution in [2.24, 2.45) is 0 Å². The summed E-state index contributed by atoms with van der Waals surface area (Å²) in [6.07, 6.45) is 0.964. The molecule has 0 aliphatic heterocycles. The zero-order valence-corrected chi connectivity index (χ0v) is 10.7. The molecule has 0 spiro atoms. The highest BCUT2D eigenvalue weighted by Crippen LogP contribution is 2.27. The van der Waals surface area contributed by atoms with E-state index in [1.165, 1.54) is 5.56 Å². The number of nitrogens with zero attached hydrogens (tertiary/aromatic N) is 1. The van der Waals surface area contributed by atoms with E-state index in [0.717, 1.165) is 12.2 Å². The number of hydrogen-bond acceptors (Lipinski definition) is 2. The molecule has 0 amide bonds. The van der Waals surface area contributed by atoms with Gasteiger partial charge >= 0.3 is 0 Å². The topological polar surface area (TPSA) is 33.0 Å². The molecule has 0 aromatic heterocycles. The maximum atomic E-state index is 8.79. The van der Waals surface area contributed by atoms with Gasteiger partial charge in [-0.2, -0.15) is 5.26 Å². The van der Waals surface area contributed by atoms with Gasteiger partial charge in [-0.1, -0.05) is 30.7 Å². The molecule has 2 aromatic rings. The lowest BCUT2D eigenvalue weighted by atomic mass is 10.2. The van der Waals surface area contributed by atoms with E-state index in [9.17, 15) is 0 Å². The molecule has 2 rings (SSSR count). The first-order valence-electron chi connectivity index (χ1n) is 5.69. The third kappa shape index (κ3) is 2.82. The third-order valence-electron chi connectivity index (χ3n) is 2.60. The third-order valence-corrected chi connectivity index (χ3v) is 2.92. The molecule has 0 heterocycles. The Hall–Kier alpha value is -1.98. The summed E-state index contributed by atoms with van der Waals surface area (Å²) in [5.41, 5.74) is 1.67. The van der Waals surface area contributed by atoms with Gasteiger partial charge in [-0.05, 0) is 36.2 Å². The lowest BCUT2D eigenvalue weighted by Gasteiger charge is -2.07. The molecule has 2 aromatic carbocycles. The van der Waals surface area contributed by atoms with Crippen LogP contribution in [-0.2, 0) is 6.42 Å². The van der Waals surface area contributed by atoms with E-state index in [0.29, 0.717) is 16.3 Å². The van der Waals surface area contributed by atoms with Crippen molar-refractivity contribution in [3.63, 3.8) is 0 Å². The lowest BCUT2D eigenvalue weighted by Crippen LogP contribution is -1.87. The normalized spacial score (nSPS) is 9.83. The second-order valence-electron chi connectivity index (χ2n) is 3.86. The zero-order chi connectivity index (χ0) is 13.0. The maximum absolute atomic E-state index is 8.79. The molecular formula is C15H12ClNO. The summed E-state index contributed by atoms with van der Waals surface area (Å²) in [5.74, 6) is 1.40. The number of nitriles is 1. The summed E-state index contributed by atoms with van der Waals surface area (Å²) in [5, 5.41) is 9.20. The van der Waals surface area contributed by atoms with Crippen LogP contribution in [0.1, 0.15) is 18.1 Å². The molecule has 90 valence electrons. The van der Waals surface area contributed by atoms with Gasteiger partial charge < -0.3 is 4.74 Å². The van der Waals surface area contributed by atoms with E-state index in [1.54, 1.807) is 18.2 Å². The Morgan fingerprint density at radius 1 is 1.17 bits per heavy atom. The van der Waals surface area contributed by atoms with Gasteiger partial charge in [0.25, 0.3) is 0 Å². The average molecular weight is 258 g/mol. The summed E-state index contributed by atoms with van der Waals surface area (Å²) in [6, 6.07) is 15.0. The Morgan fingerprint density at radius 2 is 1.94 bits per heavy atom. The predicted octanol–water partition coefficient (Wildman–Crippen LogP) is 4.57. The highest BCUT2D eigenvalue weighted by atomic mass is 35.5. The van der Waals surface area contributed by atoms with Crippen molar-refractivity contribution >= 4 is 11.6 Å². The van der Waals surface area contributed by atoms with Gasteiger partial charge in [0.15, 0.2) is 0 Å². The number of benzene rings is 2. The van der Waals surface area contributed by atoms with Gasteiger partial charge in [0.05, 0.1) is 10.6 Å². The fraction of sp³-hybridized carbons (Fsp3) is 0.133. The van der Waals surface area contributed by atoms with Crippen LogP contribution in [0.3, 0.4) is 0 Å². The number of halogens is 1. The van der Waals surface area contributed by atoms with Crippen LogP contribution in [0.4, 0.5) is 0 Å². The van der Waals surface area contributed by atoms with Gasteiger partial charge in [0, 0.05) is 6.07 Å². The minimum absolute atomic E-state index is 0.404.